The number of hydrogen-bond acceptors (Lipinski definition) is 6. The van der Waals surface area contributed by atoms with Crippen LogP contribution >= 0.6 is 0 Å². The molecule has 3 rings (SSSR count). The number of esters is 2. The molecule has 41 heavy (non-hydrogen) atoms. The van der Waals surface area contributed by atoms with E-state index in [4.69, 9.17) is 4.74 Å². The van der Waals surface area contributed by atoms with Crippen LogP contribution in [0.1, 0.15) is 53.9 Å². The molecule has 3 fully saturated rings. The monoisotopic (exact) mass is 632 g/mol. The third kappa shape index (κ3) is 6.92. The summed E-state index contributed by atoms with van der Waals surface area (Å²) in [7, 11) is -3.57. The zero-order valence-electron chi connectivity index (χ0n) is 22.9. The van der Waals surface area contributed by atoms with Crippen molar-refractivity contribution >= 4 is 21.8 Å². The summed E-state index contributed by atoms with van der Waals surface area (Å²) >= 11 is 0. The topological polar surface area (TPSA) is 86.7 Å². The number of ether oxygens (including phenoxy) is 2. The minimum Gasteiger partial charge on any atom is -0.460 e. The largest absolute Gasteiger partial charge is 0.460 e. The molecule has 0 N–H and O–H groups in total. The number of rotatable bonds is 6. The number of hydrogen-bond donors (Lipinski definition) is 0. The van der Waals surface area contributed by atoms with Crippen LogP contribution in [0.5, 0.6) is 0 Å². The van der Waals surface area contributed by atoms with Gasteiger partial charge in [-0.3, -0.25) is 9.59 Å². The summed E-state index contributed by atoms with van der Waals surface area (Å²) in [4.78, 5) is 25.7. The Bertz CT molecular complexity index is 1110. The van der Waals surface area contributed by atoms with E-state index >= 15 is 0 Å². The zero-order chi connectivity index (χ0) is 31.7. The van der Waals surface area contributed by atoms with Gasteiger partial charge in [-0.25, -0.2) is 8.42 Å². The molecule has 0 radical (unpaired) electrons. The van der Waals surface area contributed by atoms with Crippen molar-refractivity contribution in [2.45, 2.75) is 84.1 Å². The van der Waals surface area contributed by atoms with E-state index in [0.29, 0.717) is 0 Å². The zero-order valence-corrected chi connectivity index (χ0v) is 23.7. The van der Waals surface area contributed by atoms with E-state index in [9.17, 15) is 57.5 Å². The Hall–Kier alpha value is -1.74. The van der Waals surface area contributed by atoms with Crippen molar-refractivity contribution in [2.75, 3.05) is 11.5 Å². The third-order valence-corrected chi connectivity index (χ3v) is 10.6. The van der Waals surface area contributed by atoms with Gasteiger partial charge in [0.15, 0.2) is 15.3 Å². The molecule has 8 atom stereocenters. The summed E-state index contributed by atoms with van der Waals surface area (Å²) < 4.78 is 155. The van der Waals surface area contributed by atoms with Gasteiger partial charge in [0.1, 0.15) is 5.60 Å². The highest BCUT2D eigenvalue weighted by molar-refractivity contribution is 7.91. The quantitative estimate of drug-likeness (QED) is 0.268. The van der Waals surface area contributed by atoms with Crippen molar-refractivity contribution in [1.29, 1.82) is 0 Å². The second-order valence-corrected chi connectivity index (χ2v) is 15.1. The number of sulfone groups is 1. The Balaban J connectivity index is 2.04. The molecule has 0 amide bonds. The maximum absolute atomic E-state index is 14.4. The Morgan fingerprint density at radius 1 is 0.854 bits per heavy atom. The summed E-state index contributed by atoms with van der Waals surface area (Å²) in [6, 6.07) is 0. The molecule has 0 aromatic rings. The molecule has 2 aliphatic carbocycles. The van der Waals surface area contributed by atoms with Gasteiger partial charge in [-0.1, -0.05) is 6.92 Å². The first-order valence-electron chi connectivity index (χ1n) is 13.0. The number of alkyl halides is 9. The molecule has 16 heteroatoms. The fraction of sp³-hybridized carbons (Fsp3) is 0.920. The fourth-order valence-corrected chi connectivity index (χ4v) is 9.34. The number of halogens is 9. The second-order valence-electron chi connectivity index (χ2n) is 12.9. The van der Waals surface area contributed by atoms with Gasteiger partial charge >= 0.3 is 30.5 Å². The fourth-order valence-electron chi connectivity index (χ4n) is 7.02. The molecule has 0 aromatic carbocycles. The number of fused-ring (bicyclic) bond motifs is 2. The van der Waals surface area contributed by atoms with E-state index in [0.717, 1.165) is 0 Å². The van der Waals surface area contributed by atoms with E-state index in [1.807, 2.05) is 0 Å². The van der Waals surface area contributed by atoms with E-state index in [2.05, 4.69) is 4.74 Å². The molecule has 1 heterocycles. The molecule has 1 aliphatic heterocycles. The van der Waals surface area contributed by atoms with E-state index < -0.39 is 105 Å². The Kier molecular flexibility index (Phi) is 8.61. The normalized spacial score (nSPS) is 33.6. The highest BCUT2D eigenvalue weighted by Gasteiger charge is 2.68. The molecule has 2 saturated carbocycles. The molecule has 8 unspecified atom stereocenters. The average molecular weight is 633 g/mol. The number of carbonyl (C=O) groups excluding carboxylic acids is 2. The van der Waals surface area contributed by atoms with Gasteiger partial charge in [-0.05, 0) is 82.5 Å². The molecule has 0 aromatic heterocycles. The van der Waals surface area contributed by atoms with E-state index in [-0.39, 0.29) is 31.3 Å². The highest BCUT2D eigenvalue weighted by atomic mass is 32.2. The molecule has 3 aliphatic rings. The van der Waals surface area contributed by atoms with Gasteiger partial charge in [0, 0.05) is 0 Å². The molecule has 238 valence electrons. The van der Waals surface area contributed by atoms with Crippen molar-refractivity contribution in [2.24, 2.45) is 46.8 Å². The lowest BCUT2D eigenvalue weighted by atomic mass is 9.62. The van der Waals surface area contributed by atoms with Crippen molar-refractivity contribution < 1.29 is 67.0 Å². The SMILES string of the molecule is CC1CS(=O)(=O)CC1C1C2CC(C(=O)OC(C)(C)C)C(C2)C1CC(C)(C(=O)OC(C(F)(F)F)C(F)(F)F)C(F)(F)F. The third-order valence-electron chi connectivity index (χ3n) is 8.67. The minimum absolute atomic E-state index is 0.166. The van der Waals surface area contributed by atoms with Gasteiger partial charge in [0.2, 0.25) is 0 Å². The summed E-state index contributed by atoms with van der Waals surface area (Å²) in [6.07, 6.45) is -23.8. The minimum atomic E-state index is -6.23. The molecule has 6 nitrogen and oxygen atoms in total. The van der Waals surface area contributed by atoms with Crippen LogP contribution in [-0.2, 0) is 28.9 Å². The van der Waals surface area contributed by atoms with Crippen LogP contribution in [0.3, 0.4) is 0 Å². The lowest BCUT2D eigenvalue weighted by Crippen LogP contribution is -2.53. The van der Waals surface area contributed by atoms with E-state index in [1.165, 1.54) is 0 Å². The van der Waals surface area contributed by atoms with Crippen LogP contribution in [-0.4, -0.2) is 62.1 Å². The van der Waals surface area contributed by atoms with Gasteiger partial charge in [-0.15, -0.1) is 0 Å². The van der Waals surface area contributed by atoms with Crippen LogP contribution in [0.25, 0.3) is 0 Å². The molecule has 0 spiro atoms. The standard InChI is InChI=1S/C25H33F9O6S/c1-11-9-41(37,38)10-16(11)17-12-6-13(14(7-12)18(35)40-21(2,3)4)15(17)8-22(5,25(32,33)34)20(36)39-19(23(26,27)28)24(29,30)31/h11-17,19H,6-10H2,1-5H3. The summed E-state index contributed by atoms with van der Waals surface area (Å²) in [5.74, 6) is -9.57. The smallest absolute Gasteiger partial charge is 0.434 e. The lowest BCUT2D eigenvalue weighted by Gasteiger charge is -2.43. The van der Waals surface area contributed by atoms with Crippen molar-refractivity contribution in [3.63, 3.8) is 0 Å². The lowest BCUT2D eigenvalue weighted by molar-refractivity contribution is -0.322. The van der Waals surface area contributed by atoms with Crippen molar-refractivity contribution in [1.82, 2.24) is 0 Å². The highest BCUT2D eigenvalue weighted by Crippen LogP contribution is 2.63. The van der Waals surface area contributed by atoms with Crippen molar-refractivity contribution in [3.8, 4) is 0 Å². The first-order valence-corrected chi connectivity index (χ1v) is 14.8. The molecular weight excluding hydrogens is 599 g/mol. The van der Waals surface area contributed by atoms with Gasteiger partial charge in [0.25, 0.3) is 6.10 Å². The van der Waals surface area contributed by atoms with Gasteiger partial charge in [-0.2, -0.15) is 39.5 Å². The Labute approximate surface area is 231 Å². The molecular formula is C25H33F9O6S. The van der Waals surface area contributed by atoms with E-state index in [1.54, 1.807) is 27.7 Å². The Morgan fingerprint density at radius 2 is 1.39 bits per heavy atom. The van der Waals surface area contributed by atoms with Crippen LogP contribution in [0.2, 0.25) is 0 Å². The second kappa shape index (κ2) is 10.5. The first kappa shape index (κ1) is 33.8. The van der Waals surface area contributed by atoms with Crippen LogP contribution in [0, 0.1) is 46.8 Å². The van der Waals surface area contributed by atoms with Crippen LogP contribution in [0.15, 0.2) is 0 Å². The molecule has 1 saturated heterocycles. The van der Waals surface area contributed by atoms with Gasteiger partial charge < -0.3 is 9.47 Å². The van der Waals surface area contributed by atoms with Crippen molar-refractivity contribution in [3.05, 3.63) is 0 Å². The summed E-state index contributed by atoms with van der Waals surface area (Å²) in [5.41, 5.74) is -4.79. The predicted octanol–water partition coefficient (Wildman–Crippen LogP) is 5.89. The maximum atomic E-state index is 14.4. The average Bonchev–Trinajstić information content (AvgIpc) is 3.38. The summed E-state index contributed by atoms with van der Waals surface area (Å²) in [6.45, 7) is 6.48. The Morgan fingerprint density at radius 3 is 1.80 bits per heavy atom. The molecule has 2 bridgehead atoms. The first-order chi connectivity index (χ1) is 18.2. The summed E-state index contributed by atoms with van der Waals surface area (Å²) in [5, 5.41) is 0. The maximum Gasteiger partial charge on any atom is 0.434 e. The van der Waals surface area contributed by atoms with Crippen LogP contribution in [0.4, 0.5) is 39.5 Å². The van der Waals surface area contributed by atoms with Gasteiger partial charge in [0.05, 0.1) is 17.4 Å². The predicted molar refractivity (Wildman–Crippen MR) is 125 cm³/mol. The van der Waals surface area contributed by atoms with Crippen LogP contribution < -0.4 is 0 Å². The number of carbonyl (C=O) groups is 2.